The van der Waals surface area contributed by atoms with Gasteiger partial charge in [0.2, 0.25) is 0 Å². The number of methoxy groups -OCH3 is 1. The number of carboxylic acid groups (broad SMARTS) is 1. The Balaban J connectivity index is 2.02. The summed E-state index contributed by atoms with van der Waals surface area (Å²) in [6.07, 6.45) is 9.98. The van der Waals surface area contributed by atoms with Crippen LogP contribution in [0.15, 0.2) is 35.4 Å². The van der Waals surface area contributed by atoms with Gasteiger partial charge in [-0.25, -0.2) is 0 Å². The van der Waals surface area contributed by atoms with Crippen molar-refractivity contribution in [3.8, 4) is 0 Å². The van der Waals surface area contributed by atoms with Crippen molar-refractivity contribution in [1.29, 1.82) is 0 Å². The second-order valence-electron chi connectivity index (χ2n) is 6.76. The molecule has 0 saturated heterocycles. The maximum Gasteiger partial charge on any atom is 0.322 e. The molecule has 0 saturated carbocycles. The fraction of sp³-hybridized carbons (Fsp3) is 0.588. The maximum absolute atomic E-state index is 10.7. The molecule has 2 rings (SSSR count). The number of rotatable bonds is 6. The summed E-state index contributed by atoms with van der Waals surface area (Å²) in [5, 5.41) is 15.4. The minimum absolute atomic E-state index is 0.0305. The number of carboxylic acids is 1. The van der Waals surface area contributed by atoms with Gasteiger partial charge in [0.05, 0.1) is 12.9 Å². The smallest absolute Gasteiger partial charge is 0.322 e. The Labute approximate surface area is 132 Å². The van der Waals surface area contributed by atoms with Crippen LogP contribution in [-0.4, -0.2) is 30.8 Å². The highest BCUT2D eigenvalue weighted by atomic mass is 16.5. The van der Waals surface area contributed by atoms with Crippen molar-refractivity contribution in [3.05, 3.63) is 35.4 Å². The average Bonchev–Trinajstić information content (AvgIpc) is 2.44. The van der Waals surface area contributed by atoms with E-state index in [1.54, 1.807) is 7.11 Å². The minimum Gasteiger partial charge on any atom is -0.501 e. The SMILES string of the molecule is COC1=CC=C(NC2C=C(NCC(=O)O)CC(C)(C)C2)CC1. The van der Waals surface area contributed by atoms with Crippen LogP contribution in [0, 0.1) is 5.41 Å². The molecule has 0 amide bonds. The first-order valence-corrected chi connectivity index (χ1v) is 7.74. The molecule has 2 aliphatic carbocycles. The average molecular weight is 306 g/mol. The predicted molar refractivity (Wildman–Crippen MR) is 86.1 cm³/mol. The van der Waals surface area contributed by atoms with Crippen molar-refractivity contribution in [2.45, 2.75) is 45.6 Å². The summed E-state index contributed by atoms with van der Waals surface area (Å²) in [7, 11) is 1.70. The van der Waals surface area contributed by atoms with Gasteiger partial charge in [0.25, 0.3) is 0 Å². The van der Waals surface area contributed by atoms with Gasteiger partial charge in [-0.3, -0.25) is 4.79 Å². The molecule has 0 fully saturated rings. The number of hydrogen-bond donors (Lipinski definition) is 3. The van der Waals surface area contributed by atoms with Crippen LogP contribution in [0.3, 0.4) is 0 Å². The molecule has 122 valence electrons. The lowest BCUT2D eigenvalue weighted by atomic mass is 9.77. The molecular formula is C17H26N2O3. The second kappa shape index (κ2) is 6.90. The molecule has 0 bridgehead atoms. The molecule has 0 heterocycles. The predicted octanol–water partition coefficient (Wildman–Crippen LogP) is 2.53. The van der Waals surface area contributed by atoms with Gasteiger partial charge < -0.3 is 20.5 Å². The molecule has 0 spiro atoms. The van der Waals surface area contributed by atoms with E-state index in [1.807, 2.05) is 6.08 Å². The van der Waals surface area contributed by atoms with Gasteiger partial charge in [0.15, 0.2) is 0 Å². The Hall–Kier alpha value is -1.91. The van der Waals surface area contributed by atoms with Crippen LogP contribution in [0.5, 0.6) is 0 Å². The third-order valence-electron chi connectivity index (χ3n) is 4.05. The second-order valence-corrected chi connectivity index (χ2v) is 6.76. The van der Waals surface area contributed by atoms with Crippen LogP contribution >= 0.6 is 0 Å². The Kier molecular flexibility index (Phi) is 5.16. The van der Waals surface area contributed by atoms with Gasteiger partial charge in [-0.2, -0.15) is 0 Å². The van der Waals surface area contributed by atoms with Crippen LogP contribution in [-0.2, 0) is 9.53 Å². The number of allylic oxidation sites excluding steroid dienone is 5. The zero-order valence-electron chi connectivity index (χ0n) is 13.6. The first kappa shape index (κ1) is 16.5. The van der Waals surface area contributed by atoms with Crippen molar-refractivity contribution < 1.29 is 14.6 Å². The quantitative estimate of drug-likeness (QED) is 0.703. The summed E-state index contributed by atoms with van der Waals surface area (Å²) in [6.45, 7) is 4.40. The highest BCUT2D eigenvalue weighted by Crippen LogP contribution is 2.35. The number of carbonyl (C=O) groups is 1. The van der Waals surface area contributed by atoms with Gasteiger partial charge in [-0.15, -0.1) is 0 Å². The summed E-state index contributed by atoms with van der Waals surface area (Å²) >= 11 is 0. The highest BCUT2D eigenvalue weighted by molar-refractivity contribution is 5.69. The van der Waals surface area contributed by atoms with Gasteiger partial charge >= 0.3 is 5.97 Å². The molecule has 1 atom stereocenters. The van der Waals surface area contributed by atoms with E-state index in [0.29, 0.717) is 0 Å². The molecule has 22 heavy (non-hydrogen) atoms. The van der Waals surface area contributed by atoms with Gasteiger partial charge in [-0.1, -0.05) is 13.8 Å². The molecular weight excluding hydrogens is 280 g/mol. The number of ether oxygens (including phenoxy) is 1. The molecule has 5 nitrogen and oxygen atoms in total. The van der Waals surface area contributed by atoms with Crippen molar-refractivity contribution in [1.82, 2.24) is 10.6 Å². The van der Waals surface area contributed by atoms with E-state index in [4.69, 9.17) is 9.84 Å². The fourth-order valence-electron chi connectivity index (χ4n) is 3.09. The van der Waals surface area contributed by atoms with Crippen molar-refractivity contribution in [2.75, 3.05) is 13.7 Å². The third-order valence-corrected chi connectivity index (χ3v) is 4.05. The van der Waals surface area contributed by atoms with Crippen LogP contribution in [0.25, 0.3) is 0 Å². The monoisotopic (exact) mass is 306 g/mol. The molecule has 0 aromatic heterocycles. The Morgan fingerprint density at radius 2 is 2.14 bits per heavy atom. The van der Waals surface area contributed by atoms with Crippen molar-refractivity contribution in [3.63, 3.8) is 0 Å². The normalized spacial score (nSPS) is 23.8. The lowest BCUT2D eigenvalue weighted by molar-refractivity contribution is -0.135. The van der Waals surface area contributed by atoms with Crippen LogP contribution < -0.4 is 10.6 Å². The summed E-state index contributed by atoms with van der Waals surface area (Å²) < 4.78 is 5.25. The standard InChI is InChI=1S/C17H26N2O3/c1-17(2)9-13(18-11-16(20)21)8-14(10-17)19-12-4-6-15(22-3)7-5-12/h4,6,8,14,18-19H,5,7,9-11H2,1-3H3,(H,20,21). The van der Waals surface area contributed by atoms with E-state index in [2.05, 4.69) is 36.6 Å². The van der Waals surface area contributed by atoms with Crippen LogP contribution in [0.1, 0.15) is 39.5 Å². The van der Waals surface area contributed by atoms with Gasteiger partial charge in [0.1, 0.15) is 6.54 Å². The molecule has 1 unspecified atom stereocenters. The Bertz CT molecular complexity index is 518. The molecule has 2 aliphatic rings. The van der Waals surface area contributed by atoms with Crippen molar-refractivity contribution >= 4 is 5.97 Å². The molecule has 0 aromatic rings. The topological polar surface area (TPSA) is 70.6 Å². The zero-order valence-corrected chi connectivity index (χ0v) is 13.6. The molecule has 5 heteroatoms. The zero-order chi connectivity index (χ0) is 16.2. The number of hydrogen-bond acceptors (Lipinski definition) is 4. The lowest BCUT2D eigenvalue weighted by Gasteiger charge is -2.36. The summed E-state index contributed by atoms with van der Waals surface area (Å²) in [4.78, 5) is 10.7. The largest absolute Gasteiger partial charge is 0.501 e. The molecule has 0 aliphatic heterocycles. The van der Waals surface area contributed by atoms with Gasteiger partial charge in [0, 0.05) is 23.9 Å². The first-order valence-electron chi connectivity index (χ1n) is 7.74. The summed E-state index contributed by atoms with van der Waals surface area (Å²) in [6, 6.07) is 0.226. The molecule has 3 N–H and O–H groups in total. The van der Waals surface area contributed by atoms with E-state index < -0.39 is 5.97 Å². The summed E-state index contributed by atoms with van der Waals surface area (Å²) in [5.74, 6) is 0.176. The van der Waals surface area contributed by atoms with Crippen LogP contribution in [0.4, 0.5) is 0 Å². The van der Waals surface area contributed by atoms with Crippen molar-refractivity contribution in [2.24, 2.45) is 5.41 Å². The van der Waals surface area contributed by atoms with E-state index >= 15 is 0 Å². The van der Waals surface area contributed by atoms with E-state index in [9.17, 15) is 4.79 Å². The molecule has 0 aromatic carbocycles. The highest BCUT2D eigenvalue weighted by Gasteiger charge is 2.29. The maximum atomic E-state index is 10.7. The third kappa shape index (κ3) is 4.83. The Morgan fingerprint density at radius 3 is 2.73 bits per heavy atom. The number of nitrogens with one attached hydrogen (secondary N) is 2. The van der Waals surface area contributed by atoms with Gasteiger partial charge in [-0.05, 0) is 42.9 Å². The number of aliphatic carboxylic acids is 1. The lowest BCUT2D eigenvalue weighted by Crippen LogP contribution is -2.38. The molecule has 0 radical (unpaired) electrons. The first-order chi connectivity index (χ1) is 10.4. The summed E-state index contributed by atoms with van der Waals surface area (Å²) in [5.41, 5.74) is 2.37. The minimum atomic E-state index is -0.832. The van der Waals surface area contributed by atoms with E-state index in [1.165, 1.54) is 5.70 Å². The van der Waals surface area contributed by atoms with E-state index in [-0.39, 0.29) is 18.0 Å². The fourth-order valence-corrected chi connectivity index (χ4v) is 3.09. The van der Waals surface area contributed by atoms with Crippen LogP contribution in [0.2, 0.25) is 0 Å². The van der Waals surface area contributed by atoms with E-state index in [0.717, 1.165) is 37.1 Å². The Morgan fingerprint density at radius 1 is 1.36 bits per heavy atom.